The average molecular weight is 424 g/mol. The van der Waals surface area contributed by atoms with Crippen LogP contribution in [0, 0.1) is 46.6 Å². The summed E-state index contributed by atoms with van der Waals surface area (Å²) in [5.41, 5.74) is 3.10. The minimum atomic E-state index is -0.752. The van der Waals surface area contributed by atoms with Gasteiger partial charge in [-0.25, -0.2) is 8.78 Å². The summed E-state index contributed by atoms with van der Waals surface area (Å²) >= 11 is 0. The van der Waals surface area contributed by atoms with Gasteiger partial charge in [0.05, 0.1) is 17.2 Å². The van der Waals surface area contributed by atoms with E-state index in [9.17, 15) is 8.78 Å². The van der Waals surface area contributed by atoms with Crippen molar-refractivity contribution in [2.75, 3.05) is 0 Å². The molecule has 0 radical (unpaired) electrons. The van der Waals surface area contributed by atoms with Crippen molar-refractivity contribution < 1.29 is 8.78 Å². The Morgan fingerprint density at radius 1 is 0.656 bits per heavy atom. The van der Waals surface area contributed by atoms with Crippen LogP contribution in [0.2, 0.25) is 0 Å². The second-order valence-electron chi connectivity index (χ2n) is 7.51. The van der Waals surface area contributed by atoms with Crippen LogP contribution in [-0.2, 0) is 6.42 Å². The molecule has 158 valence electrons. The maximum Gasteiger partial charge on any atom is 0.143 e. The summed E-state index contributed by atoms with van der Waals surface area (Å²) in [6.07, 6.45) is 5.95. The van der Waals surface area contributed by atoms with Crippen molar-refractivity contribution in [3.8, 4) is 29.8 Å². The number of halogens is 2. The lowest BCUT2D eigenvalue weighted by molar-refractivity contribution is 0.577. The first kappa shape index (κ1) is 22.8. The fourth-order valence-corrected chi connectivity index (χ4v) is 3.18. The average Bonchev–Trinajstić information content (AvgIpc) is 2.81. The zero-order chi connectivity index (χ0) is 22.8. The number of rotatable bonds is 5. The predicted molar refractivity (Wildman–Crippen MR) is 124 cm³/mol. The lowest BCUT2D eigenvalue weighted by Crippen LogP contribution is -1.92. The molecule has 0 bridgehead atoms. The van der Waals surface area contributed by atoms with Gasteiger partial charge in [0.2, 0.25) is 0 Å². The van der Waals surface area contributed by atoms with Crippen LogP contribution in [0.25, 0.3) is 0 Å². The predicted octanol–water partition coefficient (Wildman–Crippen LogP) is 6.76. The molecule has 32 heavy (non-hydrogen) atoms. The Morgan fingerprint density at radius 3 is 1.78 bits per heavy atom. The Morgan fingerprint density at radius 2 is 1.19 bits per heavy atom. The van der Waals surface area contributed by atoms with Crippen LogP contribution in [0.3, 0.4) is 0 Å². The molecule has 0 saturated heterocycles. The quantitative estimate of drug-likeness (QED) is 0.329. The van der Waals surface area contributed by atoms with Crippen LogP contribution in [0.5, 0.6) is 0 Å². The molecule has 0 N–H and O–H groups in total. The monoisotopic (exact) mass is 423 g/mol. The molecule has 0 aliphatic carbocycles. The highest BCUT2D eigenvalue weighted by Crippen LogP contribution is 2.15. The third-order valence-corrected chi connectivity index (χ3v) is 5.01. The third-order valence-electron chi connectivity index (χ3n) is 5.01. The second-order valence-corrected chi connectivity index (χ2v) is 7.51. The first-order valence-corrected chi connectivity index (χ1v) is 10.7. The zero-order valence-electron chi connectivity index (χ0n) is 18.0. The molecule has 0 aliphatic rings. The highest BCUT2D eigenvalue weighted by Gasteiger charge is 2.08. The van der Waals surface area contributed by atoms with Crippen LogP contribution in [-0.4, -0.2) is 0 Å². The second kappa shape index (κ2) is 11.5. The third kappa shape index (κ3) is 6.57. The van der Waals surface area contributed by atoms with Gasteiger partial charge in [-0.3, -0.25) is 0 Å². The molecule has 3 aromatic carbocycles. The van der Waals surface area contributed by atoms with Crippen LogP contribution < -0.4 is 0 Å². The molecule has 3 rings (SSSR count). The lowest BCUT2D eigenvalue weighted by atomic mass is 10.0. The van der Waals surface area contributed by atoms with E-state index in [4.69, 9.17) is 5.26 Å². The molecule has 0 saturated carbocycles. The molecule has 0 unspecified atom stereocenters. The van der Waals surface area contributed by atoms with Crippen LogP contribution in [0.1, 0.15) is 66.0 Å². The Labute approximate surface area is 188 Å². The Kier molecular flexibility index (Phi) is 8.20. The summed E-state index contributed by atoms with van der Waals surface area (Å²) in [4.78, 5) is 0. The number of hydrogen-bond acceptors (Lipinski definition) is 1. The summed E-state index contributed by atoms with van der Waals surface area (Å²) in [6, 6.07) is 18.9. The van der Waals surface area contributed by atoms with Crippen molar-refractivity contribution in [1.29, 1.82) is 5.26 Å². The maximum absolute atomic E-state index is 14.4. The van der Waals surface area contributed by atoms with E-state index in [1.165, 1.54) is 43.4 Å². The molecular weight excluding hydrogens is 400 g/mol. The van der Waals surface area contributed by atoms with Crippen molar-refractivity contribution in [3.63, 3.8) is 0 Å². The van der Waals surface area contributed by atoms with Gasteiger partial charge < -0.3 is 0 Å². The van der Waals surface area contributed by atoms with E-state index in [0.29, 0.717) is 11.1 Å². The summed E-state index contributed by atoms with van der Waals surface area (Å²) in [5, 5.41) is 8.82. The maximum atomic E-state index is 14.4. The van der Waals surface area contributed by atoms with E-state index in [1.807, 2.05) is 18.2 Å². The fraction of sp³-hybridized carbons (Fsp3) is 0.207. The summed E-state index contributed by atoms with van der Waals surface area (Å²) in [7, 11) is 0. The number of benzene rings is 3. The van der Waals surface area contributed by atoms with Crippen LogP contribution >= 0.6 is 0 Å². The van der Waals surface area contributed by atoms with Crippen LogP contribution in [0.4, 0.5) is 8.78 Å². The van der Waals surface area contributed by atoms with E-state index < -0.39 is 11.6 Å². The van der Waals surface area contributed by atoms with E-state index in [1.54, 1.807) is 24.3 Å². The van der Waals surface area contributed by atoms with E-state index in [2.05, 4.69) is 42.7 Å². The molecule has 3 aromatic rings. The molecule has 0 amide bonds. The molecule has 0 aromatic heterocycles. The Bertz CT molecular complexity index is 1200. The summed E-state index contributed by atoms with van der Waals surface area (Å²) in [6.45, 7) is 2.20. The summed E-state index contributed by atoms with van der Waals surface area (Å²) in [5.74, 6) is 9.54. The highest BCUT2D eigenvalue weighted by molar-refractivity contribution is 5.50. The van der Waals surface area contributed by atoms with E-state index in [-0.39, 0.29) is 11.1 Å². The molecular formula is C29H23F2N. The number of hydrogen-bond donors (Lipinski definition) is 0. The van der Waals surface area contributed by atoms with Gasteiger partial charge in [-0.2, -0.15) is 5.26 Å². The van der Waals surface area contributed by atoms with Gasteiger partial charge in [0.15, 0.2) is 0 Å². The largest absolute Gasteiger partial charge is 0.205 e. The number of aryl methyl sites for hydroxylation is 1. The molecule has 0 fully saturated rings. The first-order valence-electron chi connectivity index (χ1n) is 10.7. The Hall–Kier alpha value is -3.87. The van der Waals surface area contributed by atoms with E-state index >= 15 is 0 Å². The lowest BCUT2D eigenvalue weighted by Gasteiger charge is -2.01. The minimum Gasteiger partial charge on any atom is -0.205 e. The minimum absolute atomic E-state index is 0.257. The number of nitrogens with zero attached hydrogens (tertiary/aromatic N) is 1. The van der Waals surface area contributed by atoms with Crippen LogP contribution in [0.15, 0.2) is 60.7 Å². The van der Waals surface area contributed by atoms with Gasteiger partial charge in [-0.15, -0.1) is 0 Å². The van der Waals surface area contributed by atoms with Gasteiger partial charge in [0.1, 0.15) is 11.6 Å². The normalized spacial score (nSPS) is 9.81. The standard InChI is InChI=1S/C29H23F2N/c1-2-3-4-5-6-22-7-9-23(10-8-22)13-16-26-19-28(30)27(29(31)20-26)18-17-24-11-14-25(21-32)15-12-24/h7-12,14-15,19-20H,2-6H2,1H3. The Balaban J connectivity index is 1.70. The van der Waals surface area contributed by atoms with E-state index in [0.717, 1.165) is 12.0 Å². The SMILES string of the molecule is CCCCCCc1ccc(C#Cc2cc(F)c(C#Cc3ccc(C#N)cc3)c(F)c2)cc1. The van der Waals surface area contributed by atoms with Crippen molar-refractivity contribution in [1.82, 2.24) is 0 Å². The van der Waals surface area contributed by atoms with Gasteiger partial charge in [0, 0.05) is 16.7 Å². The molecule has 3 heteroatoms. The van der Waals surface area contributed by atoms with Gasteiger partial charge in [0.25, 0.3) is 0 Å². The van der Waals surface area contributed by atoms with Crippen molar-refractivity contribution in [2.45, 2.75) is 39.0 Å². The van der Waals surface area contributed by atoms with Gasteiger partial charge >= 0.3 is 0 Å². The number of nitriles is 1. The topological polar surface area (TPSA) is 23.8 Å². The fourth-order valence-electron chi connectivity index (χ4n) is 3.18. The molecule has 0 atom stereocenters. The smallest absolute Gasteiger partial charge is 0.143 e. The zero-order valence-corrected chi connectivity index (χ0v) is 18.0. The van der Waals surface area contributed by atoms with Crippen molar-refractivity contribution in [3.05, 3.63) is 106 Å². The van der Waals surface area contributed by atoms with Gasteiger partial charge in [-0.1, -0.05) is 62.0 Å². The molecule has 0 heterocycles. The van der Waals surface area contributed by atoms with Gasteiger partial charge in [-0.05, 0) is 66.9 Å². The molecule has 1 nitrogen and oxygen atoms in total. The first-order chi connectivity index (χ1) is 15.6. The highest BCUT2D eigenvalue weighted by atomic mass is 19.1. The van der Waals surface area contributed by atoms with Crippen molar-refractivity contribution >= 4 is 0 Å². The summed E-state index contributed by atoms with van der Waals surface area (Å²) < 4.78 is 28.9. The molecule has 0 aliphatic heterocycles. The van der Waals surface area contributed by atoms with Crippen molar-refractivity contribution in [2.24, 2.45) is 0 Å². The molecule has 0 spiro atoms. The number of unbranched alkanes of at least 4 members (excludes halogenated alkanes) is 3.